The summed E-state index contributed by atoms with van der Waals surface area (Å²) in [5.74, 6) is -0.0550. The van der Waals surface area contributed by atoms with Gasteiger partial charge in [-0.2, -0.15) is 0 Å². The summed E-state index contributed by atoms with van der Waals surface area (Å²) < 4.78 is 11.0. The number of hydrogen-bond donors (Lipinski definition) is 0. The normalized spacial score (nSPS) is 14.8. The quantitative estimate of drug-likeness (QED) is 0.267. The Kier molecular flexibility index (Phi) is 6.53. The first-order valence-corrected chi connectivity index (χ1v) is 9.65. The van der Waals surface area contributed by atoms with Crippen LogP contribution in [0.3, 0.4) is 0 Å². The predicted molar refractivity (Wildman–Crippen MR) is 113 cm³/mol. The molecule has 1 aliphatic heterocycles. The topological polar surface area (TPSA) is 99.0 Å². The number of ether oxygens (including phenoxy) is 2. The number of methoxy groups -OCH3 is 1. The van der Waals surface area contributed by atoms with E-state index >= 15 is 0 Å². The summed E-state index contributed by atoms with van der Waals surface area (Å²) in [6, 6.07) is 12.0. The molecule has 0 bridgehead atoms. The molecular formula is C21H18N2O6S. The van der Waals surface area contributed by atoms with Gasteiger partial charge in [-0.15, -0.1) is 6.58 Å². The zero-order valence-electron chi connectivity index (χ0n) is 16.1. The molecule has 9 heteroatoms. The number of carbonyl (C=O) groups excluding carboxylic acids is 2. The molecule has 1 heterocycles. The van der Waals surface area contributed by atoms with Crippen molar-refractivity contribution in [2.24, 2.45) is 0 Å². The third-order valence-electron chi connectivity index (χ3n) is 4.22. The molecule has 30 heavy (non-hydrogen) atoms. The van der Waals surface area contributed by atoms with Gasteiger partial charge in [-0.3, -0.25) is 24.6 Å². The van der Waals surface area contributed by atoms with E-state index in [-0.39, 0.29) is 40.8 Å². The maximum absolute atomic E-state index is 12.4. The Hall–Kier alpha value is -3.59. The Morgan fingerprint density at radius 3 is 2.57 bits per heavy atom. The van der Waals surface area contributed by atoms with Gasteiger partial charge in [0.1, 0.15) is 6.61 Å². The zero-order chi connectivity index (χ0) is 21.7. The number of thioether (sulfide) groups is 1. The highest BCUT2D eigenvalue weighted by atomic mass is 32.2. The molecule has 0 N–H and O–H groups in total. The molecule has 1 fully saturated rings. The molecule has 2 aromatic carbocycles. The van der Waals surface area contributed by atoms with Crippen molar-refractivity contribution in [2.45, 2.75) is 6.61 Å². The molecule has 2 aromatic rings. The zero-order valence-corrected chi connectivity index (χ0v) is 16.9. The number of imide groups is 1. The molecule has 0 spiro atoms. The smallest absolute Gasteiger partial charge is 0.293 e. The second kappa shape index (κ2) is 9.27. The Labute approximate surface area is 176 Å². The number of carbonyl (C=O) groups is 2. The predicted octanol–water partition coefficient (Wildman–Crippen LogP) is 4.40. The second-order valence-corrected chi connectivity index (χ2v) is 7.17. The monoisotopic (exact) mass is 426 g/mol. The van der Waals surface area contributed by atoms with Crippen molar-refractivity contribution in [3.63, 3.8) is 0 Å². The molecule has 0 aliphatic carbocycles. The number of rotatable bonds is 8. The van der Waals surface area contributed by atoms with Gasteiger partial charge in [-0.05, 0) is 29.5 Å². The van der Waals surface area contributed by atoms with Gasteiger partial charge in [0, 0.05) is 6.54 Å². The van der Waals surface area contributed by atoms with E-state index in [4.69, 9.17) is 9.47 Å². The average molecular weight is 426 g/mol. The maximum atomic E-state index is 12.4. The highest BCUT2D eigenvalue weighted by molar-refractivity contribution is 8.18. The van der Waals surface area contributed by atoms with Crippen LogP contribution < -0.4 is 9.47 Å². The van der Waals surface area contributed by atoms with Gasteiger partial charge in [0.05, 0.1) is 28.6 Å². The molecule has 0 radical (unpaired) electrons. The lowest BCUT2D eigenvalue weighted by atomic mass is 10.1. The largest absolute Gasteiger partial charge is 0.493 e. The minimum absolute atomic E-state index is 0.0691. The minimum Gasteiger partial charge on any atom is -0.493 e. The van der Waals surface area contributed by atoms with Gasteiger partial charge in [-0.25, -0.2) is 0 Å². The maximum Gasteiger partial charge on any atom is 0.293 e. The first kappa shape index (κ1) is 21.1. The van der Waals surface area contributed by atoms with Crippen LogP contribution in [0.2, 0.25) is 0 Å². The number of benzene rings is 2. The molecule has 0 atom stereocenters. The Morgan fingerprint density at radius 2 is 1.93 bits per heavy atom. The number of nitro groups is 1. The highest BCUT2D eigenvalue weighted by Gasteiger charge is 2.34. The van der Waals surface area contributed by atoms with Crippen molar-refractivity contribution >= 4 is 34.7 Å². The van der Waals surface area contributed by atoms with Gasteiger partial charge >= 0.3 is 0 Å². The van der Waals surface area contributed by atoms with Crippen molar-refractivity contribution in [3.05, 3.63) is 81.3 Å². The number of nitrogens with zero attached hydrogens (tertiary/aromatic N) is 2. The molecule has 0 saturated carbocycles. The van der Waals surface area contributed by atoms with Crippen LogP contribution in [0.25, 0.3) is 6.08 Å². The molecule has 3 rings (SSSR count). The van der Waals surface area contributed by atoms with Gasteiger partial charge in [0.15, 0.2) is 11.5 Å². The summed E-state index contributed by atoms with van der Waals surface area (Å²) in [6.45, 7) is 3.79. The first-order valence-electron chi connectivity index (χ1n) is 8.84. The first-order chi connectivity index (χ1) is 14.4. The average Bonchev–Trinajstić information content (AvgIpc) is 3.00. The van der Waals surface area contributed by atoms with Crippen LogP contribution in [0.1, 0.15) is 11.1 Å². The standard InChI is InChI=1S/C21H18N2O6S/c1-3-9-22-20(24)19(30-21(22)25)11-15-10-17(28-2)18(12-16(15)23(26)27)29-13-14-7-5-4-6-8-14/h3-8,10-12H,1,9,13H2,2H3/b19-11+. The SMILES string of the molecule is C=CCN1C(=O)S/C(=C/c2cc(OC)c(OCc3ccccc3)cc2[N+](=O)[O-])C1=O. The van der Waals surface area contributed by atoms with Gasteiger partial charge in [-0.1, -0.05) is 36.4 Å². The van der Waals surface area contributed by atoms with E-state index in [0.717, 1.165) is 22.2 Å². The van der Waals surface area contributed by atoms with Crippen molar-refractivity contribution in [1.82, 2.24) is 4.90 Å². The van der Waals surface area contributed by atoms with Crippen molar-refractivity contribution in [3.8, 4) is 11.5 Å². The summed E-state index contributed by atoms with van der Waals surface area (Å²) in [4.78, 5) is 36.6. The molecule has 0 aromatic heterocycles. The fourth-order valence-electron chi connectivity index (χ4n) is 2.77. The van der Waals surface area contributed by atoms with Crippen LogP contribution >= 0.6 is 11.8 Å². The van der Waals surface area contributed by atoms with E-state index in [1.54, 1.807) is 0 Å². The van der Waals surface area contributed by atoms with Crippen LogP contribution in [0, 0.1) is 10.1 Å². The second-order valence-electron chi connectivity index (χ2n) is 6.17. The summed E-state index contributed by atoms with van der Waals surface area (Å²) in [6.07, 6.45) is 2.75. The molecule has 1 aliphatic rings. The molecular weight excluding hydrogens is 408 g/mol. The fraction of sp³-hybridized carbons (Fsp3) is 0.143. The third kappa shape index (κ3) is 4.52. The highest BCUT2D eigenvalue weighted by Crippen LogP contribution is 2.39. The number of hydrogen-bond acceptors (Lipinski definition) is 7. The van der Waals surface area contributed by atoms with Crippen LogP contribution in [0.5, 0.6) is 11.5 Å². The van der Waals surface area contributed by atoms with Crippen LogP contribution in [-0.2, 0) is 11.4 Å². The minimum atomic E-state index is -0.575. The van der Waals surface area contributed by atoms with E-state index in [9.17, 15) is 19.7 Å². The van der Waals surface area contributed by atoms with Crippen molar-refractivity contribution in [1.29, 1.82) is 0 Å². The summed E-state index contributed by atoms with van der Waals surface area (Å²) in [7, 11) is 1.41. The molecule has 8 nitrogen and oxygen atoms in total. The van der Waals surface area contributed by atoms with E-state index in [1.807, 2.05) is 30.3 Å². The van der Waals surface area contributed by atoms with Gasteiger partial charge < -0.3 is 9.47 Å². The summed E-state index contributed by atoms with van der Waals surface area (Å²) >= 11 is 0.718. The van der Waals surface area contributed by atoms with Gasteiger partial charge in [0.2, 0.25) is 0 Å². The lowest BCUT2D eigenvalue weighted by Crippen LogP contribution is -2.27. The van der Waals surface area contributed by atoms with Crippen LogP contribution in [0.15, 0.2) is 60.0 Å². The molecule has 154 valence electrons. The Bertz CT molecular complexity index is 1040. The fourth-order valence-corrected chi connectivity index (χ4v) is 3.61. The van der Waals surface area contributed by atoms with E-state index in [1.165, 1.54) is 31.4 Å². The van der Waals surface area contributed by atoms with Crippen molar-refractivity contribution in [2.75, 3.05) is 13.7 Å². The lowest BCUT2D eigenvalue weighted by molar-refractivity contribution is -0.385. The number of nitro benzene ring substituents is 1. The molecule has 2 amide bonds. The Balaban J connectivity index is 1.95. The van der Waals surface area contributed by atoms with E-state index in [0.29, 0.717) is 0 Å². The van der Waals surface area contributed by atoms with E-state index < -0.39 is 16.1 Å². The van der Waals surface area contributed by atoms with E-state index in [2.05, 4.69) is 6.58 Å². The van der Waals surface area contributed by atoms with Crippen molar-refractivity contribution < 1.29 is 24.0 Å². The third-order valence-corrected chi connectivity index (χ3v) is 5.13. The Morgan fingerprint density at radius 1 is 1.20 bits per heavy atom. The summed E-state index contributed by atoms with van der Waals surface area (Å²) in [5.41, 5.74) is 0.754. The van der Waals surface area contributed by atoms with Gasteiger partial charge in [0.25, 0.3) is 16.8 Å². The summed E-state index contributed by atoms with van der Waals surface area (Å²) in [5, 5.41) is 11.2. The van der Waals surface area contributed by atoms with Crippen LogP contribution in [0.4, 0.5) is 10.5 Å². The molecule has 0 unspecified atom stereocenters. The molecule has 1 saturated heterocycles. The lowest BCUT2D eigenvalue weighted by Gasteiger charge is -2.12. The number of amides is 2. The van der Waals surface area contributed by atoms with Crippen LogP contribution in [-0.4, -0.2) is 34.6 Å².